The summed E-state index contributed by atoms with van der Waals surface area (Å²) in [6.07, 6.45) is 1.02. The van der Waals surface area contributed by atoms with Crippen LogP contribution in [0.2, 0.25) is 0 Å². The molecule has 2 aromatic rings. The quantitative estimate of drug-likeness (QED) is 0.789. The third-order valence-electron chi connectivity index (χ3n) is 5.44. The van der Waals surface area contributed by atoms with Crippen molar-refractivity contribution in [2.45, 2.75) is 44.0 Å². The van der Waals surface area contributed by atoms with Gasteiger partial charge < -0.3 is 10.4 Å². The van der Waals surface area contributed by atoms with E-state index in [0.29, 0.717) is 12.8 Å². The molecular weight excluding hydrogens is 382 g/mol. The molecule has 1 aliphatic carbocycles. The van der Waals surface area contributed by atoms with Gasteiger partial charge in [0.1, 0.15) is 10.6 Å². The first-order valence-corrected chi connectivity index (χ1v) is 10.8. The molecule has 2 heterocycles. The molecular formula is C19H21N3O5S. The van der Waals surface area contributed by atoms with Gasteiger partial charge in [0.05, 0.1) is 5.75 Å². The van der Waals surface area contributed by atoms with Gasteiger partial charge in [-0.3, -0.25) is 14.2 Å². The minimum Gasteiger partial charge on any atom is -0.501 e. The van der Waals surface area contributed by atoms with E-state index in [1.165, 1.54) is 4.57 Å². The summed E-state index contributed by atoms with van der Waals surface area (Å²) in [5.74, 6) is -1.42. The van der Waals surface area contributed by atoms with Crippen LogP contribution in [-0.4, -0.2) is 34.7 Å². The number of carbonyl (C=O) groups is 1. The minimum atomic E-state index is -3.47. The highest BCUT2D eigenvalue weighted by molar-refractivity contribution is 7.92. The summed E-state index contributed by atoms with van der Waals surface area (Å²) in [5, 5.41) is 12.9. The summed E-state index contributed by atoms with van der Waals surface area (Å²) in [5.41, 5.74) is 0.746. The van der Waals surface area contributed by atoms with E-state index in [9.17, 15) is 23.1 Å². The Balaban J connectivity index is 1.70. The van der Waals surface area contributed by atoms with Crippen molar-refractivity contribution in [3.63, 3.8) is 0 Å². The number of benzene rings is 1. The second kappa shape index (κ2) is 6.44. The Morgan fingerprint density at radius 1 is 1.29 bits per heavy atom. The molecule has 4 rings (SSSR count). The summed E-state index contributed by atoms with van der Waals surface area (Å²) in [6.45, 7) is 2.30. The maximum atomic E-state index is 12.6. The molecule has 1 amide bonds. The van der Waals surface area contributed by atoms with Crippen LogP contribution in [0.5, 0.6) is 5.75 Å². The standard InChI is InChI=1S/C19H21N3O5S/c1-12-3-5-13(6-4-12)11-20-16(24)14-15(23)17(25)22-9-2-10-28(26,27)19(7-8-19)18(22)21-14/h3-6,23H,2,7-11H2,1H3,(H,20,24). The highest BCUT2D eigenvalue weighted by Crippen LogP contribution is 2.53. The summed E-state index contributed by atoms with van der Waals surface area (Å²) in [6, 6.07) is 7.54. The summed E-state index contributed by atoms with van der Waals surface area (Å²) < 4.78 is 25.3. The van der Waals surface area contributed by atoms with Gasteiger partial charge in [-0.05, 0) is 31.7 Å². The third kappa shape index (κ3) is 2.90. The van der Waals surface area contributed by atoms with Crippen molar-refractivity contribution in [1.29, 1.82) is 0 Å². The number of aryl methyl sites for hydroxylation is 1. The summed E-state index contributed by atoms with van der Waals surface area (Å²) in [4.78, 5) is 29.4. The molecule has 2 N–H and O–H groups in total. The number of rotatable bonds is 3. The van der Waals surface area contributed by atoms with Gasteiger partial charge in [0, 0.05) is 13.1 Å². The Morgan fingerprint density at radius 3 is 2.61 bits per heavy atom. The van der Waals surface area contributed by atoms with Gasteiger partial charge in [-0.1, -0.05) is 29.8 Å². The van der Waals surface area contributed by atoms with E-state index >= 15 is 0 Å². The molecule has 0 atom stereocenters. The Labute approximate surface area is 162 Å². The van der Waals surface area contributed by atoms with E-state index in [1.54, 1.807) is 0 Å². The lowest BCUT2D eigenvalue weighted by Gasteiger charge is -2.17. The first-order valence-electron chi connectivity index (χ1n) is 9.15. The van der Waals surface area contributed by atoms with Crippen molar-refractivity contribution in [2.24, 2.45) is 0 Å². The molecule has 1 saturated carbocycles. The monoisotopic (exact) mass is 403 g/mol. The number of aromatic hydroxyl groups is 1. The maximum absolute atomic E-state index is 12.6. The molecule has 8 nitrogen and oxygen atoms in total. The topological polar surface area (TPSA) is 118 Å². The largest absolute Gasteiger partial charge is 0.501 e. The first-order chi connectivity index (χ1) is 13.2. The number of hydrogen-bond donors (Lipinski definition) is 2. The van der Waals surface area contributed by atoms with Gasteiger partial charge in [0.25, 0.3) is 11.5 Å². The summed E-state index contributed by atoms with van der Waals surface area (Å²) >= 11 is 0. The second-order valence-electron chi connectivity index (χ2n) is 7.42. The zero-order valence-electron chi connectivity index (χ0n) is 15.4. The molecule has 1 fully saturated rings. The zero-order chi connectivity index (χ0) is 20.1. The molecule has 9 heteroatoms. The normalized spacial score (nSPS) is 18.9. The van der Waals surface area contributed by atoms with Gasteiger partial charge in [-0.2, -0.15) is 0 Å². The van der Waals surface area contributed by atoms with E-state index in [4.69, 9.17) is 0 Å². The van der Waals surface area contributed by atoms with E-state index in [2.05, 4.69) is 10.3 Å². The first kappa shape index (κ1) is 18.7. The number of carbonyl (C=O) groups excluding carboxylic acids is 1. The predicted octanol–water partition coefficient (Wildman–Crippen LogP) is 0.995. The van der Waals surface area contributed by atoms with Crippen LogP contribution >= 0.6 is 0 Å². The molecule has 1 spiro atoms. The number of nitrogens with one attached hydrogen (secondary N) is 1. The third-order valence-corrected chi connectivity index (χ3v) is 8.04. The van der Waals surface area contributed by atoms with Crippen LogP contribution in [0, 0.1) is 6.92 Å². The highest BCUT2D eigenvalue weighted by Gasteiger charge is 2.59. The highest BCUT2D eigenvalue weighted by atomic mass is 32.2. The van der Waals surface area contributed by atoms with Crippen LogP contribution in [-0.2, 0) is 27.7 Å². The lowest BCUT2D eigenvalue weighted by Crippen LogP contribution is -2.34. The molecule has 1 aliphatic heterocycles. The van der Waals surface area contributed by atoms with Crippen molar-refractivity contribution in [3.05, 3.63) is 57.3 Å². The Kier molecular flexibility index (Phi) is 4.29. The molecule has 0 radical (unpaired) electrons. The van der Waals surface area contributed by atoms with Crippen LogP contribution in [0.25, 0.3) is 0 Å². The fraction of sp³-hybridized carbons (Fsp3) is 0.421. The lowest BCUT2D eigenvalue weighted by molar-refractivity contribution is 0.0941. The van der Waals surface area contributed by atoms with Gasteiger partial charge >= 0.3 is 0 Å². The molecule has 0 saturated heterocycles. The smallest absolute Gasteiger partial charge is 0.296 e. The zero-order valence-corrected chi connectivity index (χ0v) is 16.3. The average molecular weight is 403 g/mol. The fourth-order valence-electron chi connectivity index (χ4n) is 3.63. The van der Waals surface area contributed by atoms with Crippen LogP contribution in [0.3, 0.4) is 0 Å². The SMILES string of the molecule is Cc1ccc(CNC(=O)c2nc3n(c(=O)c2O)CCCS(=O)(=O)C32CC2)cc1. The number of fused-ring (bicyclic) bond motifs is 2. The summed E-state index contributed by atoms with van der Waals surface area (Å²) in [7, 11) is -3.47. The van der Waals surface area contributed by atoms with Crippen molar-refractivity contribution in [2.75, 3.05) is 5.75 Å². The van der Waals surface area contributed by atoms with E-state index in [-0.39, 0.29) is 31.1 Å². The van der Waals surface area contributed by atoms with Crippen molar-refractivity contribution in [1.82, 2.24) is 14.9 Å². The second-order valence-corrected chi connectivity index (χ2v) is 9.84. The van der Waals surface area contributed by atoms with Crippen molar-refractivity contribution in [3.8, 4) is 5.75 Å². The number of hydrogen-bond acceptors (Lipinski definition) is 6. The number of sulfone groups is 1. The number of aromatic nitrogens is 2. The predicted molar refractivity (Wildman–Crippen MR) is 102 cm³/mol. The number of nitrogens with zero attached hydrogens (tertiary/aromatic N) is 2. The van der Waals surface area contributed by atoms with Gasteiger partial charge in [-0.15, -0.1) is 0 Å². The van der Waals surface area contributed by atoms with Gasteiger partial charge in [0.2, 0.25) is 5.75 Å². The lowest BCUT2D eigenvalue weighted by atomic mass is 10.1. The molecule has 1 aromatic carbocycles. The average Bonchev–Trinajstić information content (AvgIpc) is 3.47. The molecule has 148 valence electrons. The van der Waals surface area contributed by atoms with E-state index in [1.807, 2.05) is 31.2 Å². The Bertz CT molecular complexity index is 1120. The Hall–Kier alpha value is -2.68. The minimum absolute atomic E-state index is 0.0362. The molecule has 0 bridgehead atoms. The molecule has 2 aliphatic rings. The fourth-order valence-corrected chi connectivity index (χ4v) is 5.68. The van der Waals surface area contributed by atoms with Gasteiger partial charge in [-0.25, -0.2) is 13.4 Å². The Morgan fingerprint density at radius 2 is 1.96 bits per heavy atom. The van der Waals surface area contributed by atoms with Crippen LogP contribution in [0.4, 0.5) is 0 Å². The van der Waals surface area contributed by atoms with Crippen LogP contribution in [0.15, 0.2) is 29.1 Å². The van der Waals surface area contributed by atoms with E-state index < -0.39 is 37.5 Å². The van der Waals surface area contributed by atoms with Gasteiger partial charge in [0.15, 0.2) is 15.5 Å². The number of amides is 1. The molecule has 28 heavy (non-hydrogen) atoms. The van der Waals surface area contributed by atoms with E-state index in [0.717, 1.165) is 11.1 Å². The molecule has 1 aromatic heterocycles. The van der Waals surface area contributed by atoms with Crippen molar-refractivity contribution >= 4 is 15.7 Å². The van der Waals surface area contributed by atoms with Crippen LogP contribution in [0.1, 0.15) is 46.7 Å². The molecule has 0 unspecified atom stereocenters. The van der Waals surface area contributed by atoms with Crippen molar-refractivity contribution < 1.29 is 18.3 Å². The van der Waals surface area contributed by atoms with Crippen LogP contribution < -0.4 is 10.9 Å². The maximum Gasteiger partial charge on any atom is 0.296 e.